The molecule has 1 unspecified atom stereocenters. The second-order valence-electron chi connectivity index (χ2n) is 4.05. The van der Waals surface area contributed by atoms with E-state index >= 15 is 0 Å². The van der Waals surface area contributed by atoms with Gasteiger partial charge in [-0.3, -0.25) is 4.90 Å². The molecule has 1 aliphatic heterocycles. The Bertz CT molecular complexity index is 335. The molecule has 0 spiro atoms. The van der Waals surface area contributed by atoms with E-state index in [1.165, 1.54) is 24.9 Å². The van der Waals surface area contributed by atoms with Crippen molar-refractivity contribution in [1.82, 2.24) is 9.88 Å². The van der Waals surface area contributed by atoms with Crippen molar-refractivity contribution < 1.29 is 0 Å². The van der Waals surface area contributed by atoms with Crippen molar-refractivity contribution in [2.24, 2.45) is 0 Å². The summed E-state index contributed by atoms with van der Waals surface area (Å²) in [5.41, 5.74) is 8.04. The smallest absolute Gasteiger partial charge is 0.123 e. The molecule has 0 aromatic carbocycles. The predicted octanol–water partition coefficient (Wildman–Crippen LogP) is 1.74. The Morgan fingerprint density at radius 1 is 1.50 bits per heavy atom. The summed E-state index contributed by atoms with van der Waals surface area (Å²) < 4.78 is 0. The SMILES string of the molecule is Cc1nc(N)ccc1C1CCCN1C. The first kappa shape index (κ1) is 9.46. The number of nitrogen functional groups attached to an aromatic ring is 1. The first-order valence-electron chi connectivity index (χ1n) is 5.12. The molecule has 3 heteroatoms. The number of rotatable bonds is 1. The molecular formula is C11H17N3. The minimum absolute atomic E-state index is 0.545. The van der Waals surface area contributed by atoms with Gasteiger partial charge in [0.2, 0.25) is 0 Å². The third kappa shape index (κ3) is 1.60. The van der Waals surface area contributed by atoms with E-state index < -0.39 is 0 Å². The number of aryl methyl sites for hydroxylation is 1. The zero-order valence-corrected chi connectivity index (χ0v) is 8.83. The zero-order chi connectivity index (χ0) is 10.1. The Balaban J connectivity index is 2.31. The van der Waals surface area contributed by atoms with Gasteiger partial charge >= 0.3 is 0 Å². The Labute approximate surface area is 84.9 Å². The summed E-state index contributed by atoms with van der Waals surface area (Å²) in [4.78, 5) is 6.69. The Morgan fingerprint density at radius 2 is 2.29 bits per heavy atom. The van der Waals surface area contributed by atoms with Crippen molar-refractivity contribution in [2.75, 3.05) is 19.3 Å². The van der Waals surface area contributed by atoms with Gasteiger partial charge in [-0.25, -0.2) is 4.98 Å². The van der Waals surface area contributed by atoms with Crippen LogP contribution in [0.1, 0.15) is 30.1 Å². The van der Waals surface area contributed by atoms with Crippen LogP contribution in [-0.4, -0.2) is 23.5 Å². The lowest BCUT2D eigenvalue weighted by atomic mass is 10.0. The van der Waals surface area contributed by atoms with Crippen LogP contribution < -0.4 is 5.73 Å². The van der Waals surface area contributed by atoms with Gasteiger partial charge in [0.25, 0.3) is 0 Å². The minimum Gasteiger partial charge on any atom is -0.384 e. The molecule has 0 amide bonds. The second kappa shape index (κ2) is 3.58. The Kier molecular flexibility index (Phi) is 2.42. The number of anilines is 1. The van der Waals surface area contributed by atoms with Crippen molar-refractivity contribution in [3.8, 4) is 0 Å². The van der Waals surface area contributed by atoms with Crippen molar-refractivity contribution in [3.05, 3.63) is 23.4 Å². The number of aromatic nitrogens is 1. The van der Waals surface area contributed by atoms with Gasteiger partial charge < -0.3 is 5.73 Å². The highest BCUT2D eigenvalue weighted by atomic mass is 15.1. The molecular weight excluding hydrogens is 174 g/mol. The molecule has 1 aromatic rings. The van der Waals surface area contributed by atoms with Crippen LogP contribution in [0.25, 0.3) is 0 Å². The van der Waals surface area contributed by atoms with Crippen LogP contribution >= 0.6 is 0 Å². The largest absolute Gasteiger partial charge is 0.384 e. The van der Waals surface area contributed by atoms with Crippen LogP contribution in [0.15, 0.2) is 12.1 Å². The maximum Gasteiger partial charge on any atom is 0.123 e. The fourth-order valence-electron chi connectivity index (χ4n) is 2.25. The van der Waals surface area contributed by atoms with Crippen LogP contribution in [0, 0.1) is 6.92 Å². The topological polar surface area (TPSA) is 42.1 Å². The average Bonchev–Trinajstić information content (AvgIpc) is 2.52. The minimum atomic E-state index is 0.545. The van der Waals surface area contributed by atoms with E-state index in [9.17, 15) is 0 Å². The third-order valence-corrected chi connectivity index (χ3v) is 3.03. The summed E-state index contributed by atoms with van der Waals surface area (Å²) in [6.07, 6.45) is 2.52. The van der Waals surface area contributed by atoms with Gasteiger partial charge in [-0.15, -0.1) is 0 Å². The highest BCUT2D eigenvalue weighted by molar-refractivity contribution is 5.35. The quantitative estimate of drug-likeness (QED) is 0.735. The molecule has 1 atom stereocenters. The van der Waals surface area contributed by atoms with Gasteiger partial charge in [0.1, 0.15) is 5.82 Å². The number of nitrogens with two attached hydrogens (primary N) is 1. The average molecular weight is 191 g/mol. The van der Waals surface area contributed by atoms with Gasteiger partial charge in [-0.2, -0.15) is 0 Å². The summed E-state index contributed by atoms with van der Waals surface area (Å²) in [7, 11) is 2.17. The lowest BCUT2D eigenvalue weighted by Gasteiger charge is -2.21. The van der Waals surface area contributed by atoms with Crippen LogP contribution in [0.3, 0.4) is 0 Å². The summed E-state index contributed by atoms with van der Waals surface area (Å²) >= 11 is 0. The summed E-state index contributed by atoms with van der Waals surface area (Å²) in [6.45, 7) is 3.23. The lowest BCUT2D eigenvalue weighted by molar-refractivity contribution is 0.316. The highest BCUT2D eigenvalue weighted by Gasteiger charge is 2.24. The van der Waals surface area contributed by atoms with E-state index in [-0.39, 0.29) is 0 Å². The predicted molar refractivity (Wildman–Crippen MR) is 58.0 cm³/mol. The molecule has 0 saturated carbocycles. The van der Waals surface area contributed by atoms with Crippen LogP contribution in [0.2, 0.25) is 0 Å². The van der Waals surface area contributed by atoms with Gasteiger partial charge in [0.05, 0.1) is 0 Å². The van der Waals surface area contributed by atoms with E-state index in [4.69, 9.17) is 5.73 Å². The van der Waals surface area contributed by atoms with Gasteiger partial charge in [0, 0.05) is 11.7 Å². The zero-order valence-electron chi connectivity index (χ0n) is 8.83. The maximum atomic E-state index is 5.64. The molecule has 0 aliphatic carbocycles. The van der Waals surface area contributed by atoms with E-state index in [1.807, 2.05) is 13.0 Å². The summed E-state index contributed by atoms with van der Waals surface area (Å²) in [5.74, 6) is 0.617. The van der Waals surface area contributed by atoms with Crippen molar-refractivity contribution in [1.29, 1.82) is 0 Å². The highest BCUT2D eigenvalue weighted by Crippen LogP contribution is 2.31. The number of hydrogen-bond acceptors (Lipinski definition) is 3. The lowest BCUT2D eigenvalue weighted by Crippen LogP contribution is -2.18. The molecule has 2 N–H and O–H groups in total. The van der Waals surface area contributed by atoms with Crippen LogP contribution in [-0.2, 0) is 0 Å². The molecule has 0 radical (unpaired) electrons. The van der Waals surface area contributed by atoms with Gasteiger partial charge in [-0.05, 0) is 45.0 Å². The van der Waals surface area contributed by atoms with Crippen LogP contribution in [0.4, 0.5) is 5.82 Å². The fourth-order valence-corrected chi connectivity index (χ4v) is 2.25. The van der Waals surface area contributed by atoms with Crippen molar-refractivity contribution >= 4 is 5.82 Å². The Hall–Kier alpha value is -1.09. The van der Waals surface area contributed by atoms with Crippen LogP contribution in [0.5, 0.6) is 0 Å². The molecule has 2 rings (SSSR count). The number of hydrogen-bond donors (Lipinski definition) is 1. The molecule has 1 aromatic heterocycles. The second-order valence-corrected chi connectivity index (χ2v) is 4.05. The first-order valence-corrected chi connectivity index (χ1v) is 5.12. The number of likely N-dealkylation sites (tertiary alicyclic amines) is 1. The monoisotopic (exact) mass is 191 g/mol. The number of nitrogens with zero attached hydrogens (tertiary/aromatic N) is 2. The summed E-state index contributed by atoms with van der Waals surface area (Å²) in [5, 5.41) is 0. The molecule has 2 heterocycles. The molecule has 0 bridgehead atoms. The van der Waals surface area contributed by atoms with E-state index in [0.717, 1.165) is 5.69 Å². The normalized spacial score (nSPS) is 22.9. The molecule has 76 valence electrons. The molecule has 3 nitrogen and oxygen atoms in total. The first-order chi connectivity index (χ1) is 6.68. The van der Waals surface area contributed by atoms with Gasteiger partial charge in [0.15, 0.2) is 0 Å². The van der Waals surface area contributed by atoms with E-state index in [2.05, 4.69) is 23.0 Å². The summed E-state index contributed by atoms with van der Waals surface area (Å²) in [6, 6.07) is 4.56. The maximum absolute atomic E-state index is 5.64. The molecule has 1 saturated heterocycles. The fraction of sp³-hybridized carbons (Fsp3) is 0.545. The molecule has 1 aliphatic rings. The number of pyridine rings is 1. The van der Waals surface area contributed by atoms with E-state index in [0.29, 0.717) is 11.9 Å². The molecule has 1 fully saturated rings. The van der Waals surface area contributed by atoms with Crippen molar-refractivity contribution in [2.45, 2.75) is 25.8 Å². The standard InChI is InChI=1S/C11H17N3/c1-8-9(5-6-11(12)13-8)10-4-3-7-14(10)2/h5-6,10H,3-4,7H2,1-2H3,(H2,12,13). The van der Waals surface area contributed by atoms with Crippen molar-refractivity contribution in [3.63, 3.8) is 0 Å². The molecule has 14 heavy (non-hydrogen) atoms. The van der Waals surface area contributed by atoms with E-state index in [1.54, 1.807) is 0 Å². The van der Waals surface area contributed by atoms with Gasteiger partial charge in [-0.1, -0.05) is 6.07 Å². The third-order valence-electron chi connectivity index (χ3n) is 3.03. The Morgan fingerprint density at radius 3 is 2.86 bits per heavy atom.